The van der Waals surface area contributed by atoms with Gasteiger partial charge in [0.05, 0.1) is 5.41 Å². The van der Waals surface area contributed by atoms with Crippen molar-refractivity contribution in [2.24, 2.45) is 23.2 Å². The maximum Gasteiger partial charge on any atom is 0.311 e. The van der Waals surface area contributed by atoms with Crippen LogP contribution in [0.5, 0.6) is 0 Å². The van der Waals surface area contributed by atoms with Gasteiger partial charge in [0.15, 0.2) is 0 Å². The SMILES string of the molecule is O=C(NCC1(C(=O)O)CCCC1)C1C2CCCCC21. The molecule has 3 aliphatic carbocycles. The Labute approximate surface area is 113 Å². The molecule has 0 spiro atoms. The summed E-state index contributed by atoms with van der Waals surface area (Å²) in [6.07, 6.45) is 8.24. The van der Waals surface area contributed by atoms with E-state index in [1.807, 2.05) is 0 Å². The molecule has 0 aromatic carbocycles. The Balaban J connectivity index is 1.54. The second-order valence-electron chi connectivity index (χ2n) is 6.65. The second kappa shape index (κ2) is 4.80. The summed E-state index contributed by atoms with van der Waals surface area (Å²) in [6, 6.07) is 0. The first kappa shape index (κ1) is 12.9. The Morgan fingerprint density at radius 2 is 1.63 bits per heavy atom. The van der Waals surface area contributed by atoms with Crippen LogP contribution < -0.4 is 5.32 Å². The topological polar surface area (TPSA) is 66.4 Å². The Morgan fingerprint density at radius 3 is 2.16 bits per heavy atom. The Morgan fingerprint density at radius 1 is 1.05 bits per heavy atom. The van der Waals surface area contributed by atoms with Crippen LogP contribution in [0.1, 0.15) is 51.4 Å². The molecule has 0 aromatic heterocycles. The minimum absolute atomic E-state index is 0.115. The number of fused-ring (bicyclic) bond motifs is 1. The summed E-state index contributed by atoms with van der Waals surface area (Å²) in [4.78, 5) is 23.6. The van der Waals surface area contributed by atoms with Crippen molar-refractivity contribution in [1.29, 1.82) is 0 Å². The van der Waals surface area contributed by atoms with E-state index in [-0.39, 0.29) is 11.8 Å². The molecule has 3 rings (SSSR count). The van der Waals surface area contributed by atoms with Gasteiger partial charge in [-0.05, 0) is 37.5 Å². The lowest BCUT2D eigenvalue weighted by Gasteiger charge is -2.24. The highest BCUT2D eigenvalue weighted by Gasteiger charge is 2.55. The van der Waals surface area contributed by atoms with Crippen molar-refractivity contribution in [2.45, 2.75) is 51.4 Å². The number of hydrogen-bond acceptors (Lipinski definition) is 2. The summed E-state index contributed by atoms with van der Waals surface area (Å²) in [5.74, 6) is 0.758. The van der Waals surface area contributed by atoms with Crippen molar-refractivity contribution in [1.82, 2.24) is 5.32 Å². The smallest absolute Gasteiger partial charge is 0.311 e. The van der Waals surface area contributed by atoms with E-state index in [9.17, 15) is 14.7 Å². The molecule has 3 fully saturated rings. The zero-order chi connectivity index (χ0) is 13.5. The van der Waals surface area contributed by atoms with Gasteiger partial charge in [-0.3, -0.25) is 9.59 Å². The van der Waals surface area contributed by atoms with Crippen LogP contribution in [0, 0.1) is 23.2 Å². The lowest BCUT2D eigenvalue weighted by Crippen LogP contribution is -2.42. The number of rotatable bonds is 4. The highest BCUT2D eigenvalue weighted by Crippen LogP contribution is 2.55. The van der Waals surface area contributed by atoms with E-state index in [1.165, 1.54) is 25.7 Å². The normalized spacial score (nSPS) is 35.5. The van der Waals surface area contributed by atoms with Gasteiger partial charge in [0.1, 0.15) is 0 Å². The van der Waals surface area contributed by atoms with E-state index in [4.69, 9.17) is 0 Å². The molecule has 0 aromatic rings. The van der Waals surface area contributed by atoms with Crippen LogP contribution in [0.15, 0.2) is 0 Å². The molecule has 3 saturated carbocycles. The van der Waals surface area contributed by atoms with Gasteiger partial charge in [0.2, 0.25) is 5.91 Å². The molecule has 3 aliphatic rings. The molecule has 0 bridgehead atoms. The fraction of sp³-hybridized carbons (Fsp3) is 0.867. The third-order valence-corrected chi connectivity index (χ3v) is 5.57. The molecule has 1 amide bonds. The number of aliphatic carboxylic acids is 1. The van der Waals surface area contributed by atoms with E-state index in [0.717, 1.165) is 12.8 Å². The molecule has 0 saturated heterocycles. The van der Waals surface area contributed by atoms with Crippen molar-refractivity contribution >= 4 is 11.9 Å². The molecule has 4 heteroatoms. The summed E-state index contributed by atoms with van der Waals surface area (Å²) in [6.45, 7) is 0.330. The molecule has 2 N–H and O–H groups in total. The van der Waals surface area contributed by atoms with E-state index >= 15 is 0 Å². The van der Waals surface area contributed by atoms with Crippen LogP contribution in [0.4, 0.5) is 0 Å². The fourth-order valence-corrected chi connectivity index (χ4v) is 4.27. The Bertz CT molecular complexity index is 375. The molecular weight excluding hydrogens is 242 g/mol. The van der Waals surface area contributed by atoms with Gasteiger partial charge in [0.25, 0.3) is 0 Å². The van der Waals surface area contributed by atoms with Gasteiger partial charge in [0, 0.05) is 12.5 Å². The summed E-state index contributed by atoms with van der Waals surface area (Å²) in [5.41, 5.74) is -0.685. The largest absolute Gasteiger partial charge is 0.481 e. The van der Waals surface area contributed by atoms with Gasteiger partial charge < -0.3 is 10.4 Å². The molecule has 2 unspecified atom stereocenters. The van der Waals surface area contributed by atoms with Crippen LogP contribution in [0.25, 0.3) is 0 Å². The number of hydrogen-bond donors (Lipinski definition) is 2. The zero-order valence-corrected chi connectivity index (χ0v) is 11.4. The van der Waals surface area contributed by atoms with E-state index in [1.54, 1.807) is 0 Å². The third kappa shape index (κ3) is 2.26. The summed E-state index contributed by atoms with van der Waals surface area (Å²) in [7, 11) is 0. The van der Waals surface area contributed by atoms with Gasteiger partial charge in [-0.25, -0.2) is 0 Å². The van der Waals surface area contributed by atoms with Crippen molar-refractivity contribution in [3.63, 3.8) is 0 Å². The van der Waals surface area contributed by atoms with E-state index < -0.39 is 11.4 Å². The molecule has 4 nitrogen and oxygen atoms in total. The molecule has 106 valence electrons. The summed E-state index contributed by atoms with van der Waals surface area (Å²) in [5, 5.41) is 12.3. The maximum absolute atomic E-state index is 12.2. The average molecular weight is 265 g/mol. The molecule has 0 heterocycles. The second-order valence-corrected chi connectivity index (χ2v) is 6.65. The maximum atomic E-state index is 12.2. The number of carboxylic acid groups (broad SMARTS) is 1. The standard InChI is InChI=1S/C15H23NO3/c17-13(12-10-5-1-2-6-11(10)12)16-9-15(14(18)19)7-3-4-8-15/h10-12H,1-9H2,(H,16,17)(H,18,19). The third-order valence-electron chi connectivity index (χ3n) is 5.57. The Kier molecular flexibility index (Phi) is 3.27. The predicted molar refractivity (Wildman–Crippen MR) is 70.5 cm³/mol. The van der Waals surface area contributed by atoms with E-state index in [2.05, 4.69) is 5.32 Å². The molecule has 0 aliphatic heterocycles. The van der Waals surface area contributed by atoms with Crippen LogP contribution in [0.2, 0.25) is 0 Å². The van der Waals surface area contributed by atoms with Gasteiger partial charge in [-0.2, -0.15) is 0 Å². The molecule has 0 radical (unpaired) electrons. The minimum atomic E-state index is -0.737. The van der Waals surface area contributed by atoms with Gasteiger partial charge >= 0.3 is 5.97 Å². The highest BCUT2D eigenvalue weighted by atomic mass is 16.4. The first-order valence-electron chi connectivity index (χ1n) is 7.65. The van der Waals surface area contributed by atoms with Crippen molar-refractivity contribution < 1.29 is 14.7 Å². The average Bonchev–Trinajstić information content (AvgIpc) is 2.93. The Hall–Kier alpha value is -1.06. The lowest BCUT2D eigenvalue weighted by molar-refractivity contribution is -0.148. The van der Waals surface area contributed by atoms with Crippen molar-refractivity contribution in [2.75, 3.05) is 6.54 Å². The quantitative estimate of drug-likeness (QED) is 0.818. The lowest BCUT2D eigenvalue weighted by atomic mass is 9.86. The number of carbonyl (C=O) groups is 2. The number of carboxylic acids is 1. The van der Waals surface area contributed by atoms with Crippen molar-refractivity contribution in [3.8, 4) is 0 Å². The number of nitrogens with one attached hydrogen (secondary N) is 1. The van der Waals surface area contributed by atoms with Crippen LogP contribution in [0.3, 0.4) is 0 Å². The molecular formula is C15H23NO3. The highest BCUT2D eigenvalue weighted by molar-refractivity contribution is 5.83. The van der Waals surface area contributed by atoms with Gasteiger partial charge in [-0.15, -0.1) is 0 Å². The van der Waals surface area contributed by atoms with Crippen LogP contribution in [-0.4, -0.2) is 23.5 Å². The number of carbonyl (C=O) groups excluding carboxylic acids is 1. The number of amides is 1. The van der Waals surface area contributed by atoms with Crippen molar-refractivity contribution in [3.05, 3.63) is 0 Å². The minimum Gasteiger partial charge on any atom is -0.481 e. The monoisotopic (exact) mass is 265 g/mol. The fourth-order valence-electron chi connectivity index (χ4n) is 4.27. The summed E-state index contributed by atoms with van der Waals surface area (Å²) < 4.78 is 0. The molecule has 19 heavy (non-hydrogen) atoms. The van der Waals surface area contributed by atoms with Gasteiger partial charge in [-0.1, -0.05) is 25.7 Å². The van der Waals surface area contributed by atoms with Crippen LogP contribution >= 0.6 is 0 Å². The molecule has 2 atom stereocenters. The van der Waals surface area contributed by atoms with Crippen LogP contribution in [-0.2, 0) is 9.59 Å². The first-order valence-corrected chi connectivity index (χ1v) is 7.65. The van der Waals surface area contributed by atoms with E-state index in [0.29, 0.717) is 31.2 Å². The predicted octanol–water partition coefficient (Wildman–Crippen LogP) is 2.18. The summed E-state index contributed by atoms with van der Waals surface area (Å²) >= 11 is 0. The zero-order valence-electron chi connectivity index (χ0n) is 11.4. The first-order chi connectivity index (χ1) is 9.14.